The Kier molecular flexibility index (Phi) is 2.76. The van der Waals surface area contributed by atoms with Gasteiger partial charge in [0.05, 0.1) is 12.7 Å². The van der Waals surface area contributed by atoms with Gasteiger partial charge in [-0.3, -0.25) is 0 Å². The molecule has 0 saturated carbocycles. The average molecular weight is 253 g/mol. The zero-order valence-electron chi connectivity index (χ0n) is 10.9. The molecule has 2 heterocycles. The molecule has 0 radical (unpaired) electrons. The number of aryl methyl sites for hydroxylation is 2. The zero-order chi connectivity index (χ0) is 13.4. The van der Waals surface area contributed by atoms with Gasteiger partial charge in [-0.05, 0) is 26.0 Å². The van der Waals surface area contributed by atoms with Gasteiger partial charge >= 0.3 is 0 Å². The molecule has 96 valence electrons. The topological polar surface area (TPSA) is 80.5 Å². The van der Waals surface area contributed by atoms with Gasteiger partial charge in [-0.25, -0.2) is 4.98 Å². The molecule has 2 aromatic heterocycles. The fourth-order valence-electron chi connectivity index (χ4n) is 2.28. The highest BCUT2D eigenvalue weighted by Gasteiger charge is 2.12. The van der Waals surface area contributed by atoms with Crippen molar-refractivity contribution in [2.24, 2.45) is 5.73 Å². The van der Waals surface area contributed by atoms with E-state index >= 15 is 0 Å². The molecule has 0 bridgehead atoms. The molecule has 19 heavy (non-hydrogen) atoms. The number of aromatic nitrogens is 4. The number of H-pyrrole nitrogens is 1. The lowest BCUT2D eigenvalue weighted by Gasteiger charge is -2.01. The molecule has 0 saturated heterocycles. The third-order valence-corrected chi connectivity index (χ3v) is 3.19. The van der Waals surface area contributed by atoms with Gasteiger partial charge in [0.1, 0.15) is 5.69 Å². The number of benzene rings is 1. The second kappa shape index (κ2) is 4.44. The lowest BCUT2D eigenvalue weighted by Crippen LogP contribution is -2.04. The Morgan fingerprint density at radius 3 is 2.74 bits per heavy atom. The van der Waals surface area contributed by atoms with Crippen LogP contribution in [0.1, 0.15) is 17.1 Å². The van der Waals surface area contributed by atoms with Crippen LogP contribution in [0.4, 0.5) is 0 Å². The minimum absolute atomic E-state index is 0.305. The summed E-state index contributed by atoms with van der Waals surface area (Å²) in [6.07, 6.45) is 1.73. The molecule has 0 amide bonds. The van der Waals surface area contributed by atoms with Crippen molar-refractivity contribution in [2.45, 2.75) is 20.4 Å². The molecule has 1 aromatic carbocycles. The number of aromatic amines is 1. The van der Waals surface area contributed by atoms with Crippen LogP contribution in [0.3, 0.4) is 0 Å². The molecule has 0 aliphatic rings. The first kappa shape index (κ1) is 11.8. The van der Waals surface area contributed by atoms with Gasteiger partial charge in [-0.15, -0.1) is 10.2 Å². The molecule has 0 aliphatic carbocycles. The van der Waals surface area contributed by atoms with Crippen molar-refractivity contribution in [2.75, 3.05) is 0 Å². The van der Waals surface area contributed by atoms with Gasteiger partial charge in [0.25, 0.3) is 0 Å². The van der Waals surface area contributed by atoms with Gasteiger partial charge in [-0.1, -0.05) is 11.6 Å². The Morgan fingerprint density at radius 2 is 2.05 bits per heavy atom. The molecule has 0 atom stereocenters. The summed E-state index contributed by atoms with van der Waals surface area (Å²) in [6.45, 7) is 4.41. The second-order valence-electron chi connectivity index (χ2n) is 4.64. The predicted molar refractivity (Wildman–Crippen MR) is 74.5 cm³/mol. The van der Waals surface area contributed by atoms with Crippen molar-refractivity contribution in [1.29, 1.82) is 0 Å². The second-order valence-corrected chi connectivity index (χ2v) is 4.64. The largest absolute Gasteiger partial charge is 0.358 e. The molecule has 0 spiro atoms. The summed E-state index contributed by atoms with van der Waals surface area (Å²) in [4.78, 5) is 7.57. The first-order valence-corrected chi connectivity index (χ1v) is 6.17. The summed E-state index contributed by atoms with van der Waals surface area (Å²) in [5, 5.41) is 9.39. The maximum absolute atomic E-state index is 5.49. The molecular formula is C14H15N5. The Balaban J connectivity index is 2.22. The van der Waals surface area contributed by atoms with Crippen LogP contribution in [0.25, 0.3) is 22.2 Å². The molecule has 3 N–H and O–H groups in total. The number of hydrogen-bond acceptors (Lipinski definition) is 4. The van der Waals surface area contributed by atoms with E-state index < -0.39 is 0 Å². The molecule has 3 aromatic rings. The van der Waals surface area contributed by atoms with Crippen molar-refractivity contribution >= 4 is 10.9 Å². The average Bonchev–Trinajstić information content (AvgIpc) is 2.74. The molecule has 3 rings (SSSR count). The van der Waals surface area contributed by atoms with Crippen LogP contribution in [0.15, 0.2) is 24.4 Å². The van der Waals surface area contributed by atoms with Crippen LogP contribution in [-0.2, 0) is 6.54 Å². The van der Waals surface area contributed by atoms with Crippen molar-refractivity contribution in [3.63, 3.8) is 0 Å². The van der Waals surface area contributed by atoms with E-state index in [9.17, 15) is 0 Å². The van der Waals surface area contributed by atoms with E-state index in [2.05, 4.69) is 45.3 Å². The zero-order valence-corrected chi connectivity index (χ0v) is 10.9. The third kappa shape index (κ3) is 1.98. The third-order valence-electron chi connectivity index (χ3n) is 3.19. The monoisotopic (exact) mass is 253 g/mol. The number of nitrogens with one attached hydrogen (secondary N) is 1. The van der Waals surface area contributed by atoms with Gasteiger partial charge < -0.3 is 10.7 Å². The molecule has 5 nitrogen and oxygen atoms in total. The number of rotatable bonds is 2. The minimum atomic E-state index is 0.305. The number of nitrogens with zero attached hydrogens (tertiary/aromatic N) is 3. The Hall–Kier alpha value is -2.27. The standard InChI is InChI=1S/C14H15N5/c1-8-3-4-11-10(5-8)14(9(2)17-11)12-7-16-13(6-15)19-18-12/h3-5,7,17H,6,15H2,1-2H3. The number of nitrogens with two attached hydrogens (primary N) is 1. The number of hydrogen-bond donors (Lipinski definition) is 2. The molecular weight excluding hydrogens is 238 g/mol. The first-order valence-electron chi connectivity index (χ1n) is 6.17. The van der Waals surface area contributed by atoms with Crippen molar-refractivity contribution in [3.8, 4) is 11.3 Å². The van der Waals surface area contributed by atoms with Crippen LogP contribution in [0.5, 0.6) is 0 Å². The lowest BCUT2D eigenvalue weighted by molar-refractivity contribution is 0.835. The summed E-state index contributed by atoms with van der Waals surface area (Å²) in [5.41, 5.74) is 10.7. The van der Waals surface area contributed by atoms with Crippen LogP contribution >= 0.6 is 0 Å². The van der Waals surface area contributed by atoms with Crippen molar-refractivity contribution in [3.05, 3.63) is 41.5 Å². The summed E-state index contributed by atoms with van der Waals surface area (Å²) in [6, 6.07) is 6.31. The van der Waals surface area contributed by atoms with E-state index in [0.717, 1.165) is 27.9 Å². The van der Waals surface area contributed by atoms with Gasteiger partial charge in [-0.2, -0.15) is 0 Å². The van der Waals surface area contributed by atoms with E-state index in [4.69, 9.17) is 5.73 Å². The van der Waals surface area contributed by atoms with E-state index in [1.165, 1.54) is 5.56 Å². The summed E-state index contributed by atoms with van der Waals surface area (Å²) >= 11 is 0. The van der Waals surface area contributed by atoms with E-state index in [1.54, 1.807) is 6.20 Å². The van der Waals surface area contributed by atoms with Gasteiger partial charge in [0, 0.05) is 22.2 Å². The SMILES string of the molecule is Cc1ccc2[nH]c(C)c(-c3cnc(CN)nn3)c2c1. The van der Waals surface area contributed by atoms with Crippen LogP contribution < -0.4 is 5.73 Å². The molecule has 0 unspecified atom stereocenters. The highest BCUT2D eigenvalue weighted by atomic mass is 15.2. The maximum atomic E-state index is 5.49. The number of fused-ring (bicyclic) bond motifs is 1. The van der Waals surface area contributed by atoms with Crippen molar-refractivity contribution < 1.29 is 0 Å². The molecule has 0 aliphatic heterocycles. The Labute approximate surface area is 110 Å². The summed E-state index contributed by atoms with van der Waals surface area (Å²) < 4.78 is 0. The van der Waals surface area contributed by atoms with Crippen molar-refractivity contribution in [1.82, 2.24) is 20.2 Å². The van der Waals surface area contributed by atoms with Crippen LogP contribution in [-0.4, -0.2) is 20.2 Å². The summed E-state index contributed by atoms with van der Waals surface area (Å²) in [7, 11) is 0. The van der Waals surface area contributed by atoms with E-state index in [1.807, 2.05) is 6.92 Å². The Bertz CT molecular complexity index is 727. The van der Waals surface area contributed by atoms with Gasteiger partial charge in [0.2, 0.25) is 0 Å². The van der Waals surface area contributed by atoms with Crippen LogP contribution in [0.2, 0.25) is 0 Å². The Morgan fingerprint density at radius 1 is 1.21 bits per heavy atom. The molecule has 0 fully saturated rings. The minimum Gasteiger partial charge on any atom is -0.358 e. The maximum Gasteiger partial charge on any atom is 0.164 e. The highest BCUT2D eigenvalue weighted by Crippen LogP contribution is 2.30. The lowest BCUT2D eigenvalue weighted by atomic mass is 10.1. The quantitative estimate of drug-likeness (QED) is 0.732. The normalized spacial score (nSPS) is 11.1. The van der Waals surface area contributed by atoms with Crippen LogP contribution in [0, 0.1) is 13.8 Å². The van der Waals surface area contributed by atoms with E-state index in [-0.39, 0.29) is 0 Å². The first-order chi connectivity index (χ1) is 9.19. The fourth-order valence-corrected chi connectivity index (χ4v) is 2.28. The fraction of sp³-hybridized carbons (Fsp3) is 0.214. The summed E-state index contributed by atoms with van der Waals surface area (Å²) in [5.74, 6) is 0.553. The van der Waals surface area contributed by atoms with Gasteiger partial charge in [0.15, 0.2) is 5.82 Å². The predicted octanol–water partition coefficient (Wildman–Crippen LogP) is 2.10. The smallest absolute Gasteiger partial charge is 0.164 e. The van der Waals surface area contributed by atoms with E-state index in [0.29, 0.717) is 12.4 Å². The molecule has 5 heteroatoms. The highest BCUT2D eigenvalue weighted by molar-refractivity contribution is 5.96.